The average Bonchev–Trinajstić information content (AvgIpc) is 2.80. The Labute approximate surface area is 182 Å². The van der Waals surface area contributed by atoms with E-state index in [4.69, 9.17) is 10.6 Å². The Bertz CT molecular complexity index is 1230. The summed E-state index contributed by atoms with van der Waals surface area (Å²) < 4.78 is 6.06. The summed E-state index contributed by atoms with van der Waals surface area (Å²) in [6, 6.07) is 27.7. The van der Waals surface area contributed by atoms with Crippen molar-refractivity contribution in [3.05, 3.63) is 107 Å². The van der Waals surface area contributed by atoms with E-state index in [1.165, 1.54) is 10.6 Å². The summed E-state index contributed by atoms with van der Waals surface area (Å²) in [6.45, 7) is 3.74. The second kappa shape index (κ2) is 8.70. The van der Waals surface area contributed by atoms with Crippen molar-refractivity contribution in [1.29, 1.82) is 5.26 Å². The highest BCUT2D eigenvalue weighted by Gasteiger charge is 2.24. The smallest absolute Gasteiger partial charge is 0.160 e. The lowest BCUT2D eigenvalue weighted by molar-refractivity contribution is 0.480. The van der Waals surface area contributed by atoms with Gasteiger partial charge in [0.25, 0.3) is 0 Å². The van der Waals surface area contributed by atoms with Crippen LogP contribution in [0.15, 0.2) is 95.2 Å². The number of benzene rings is 3. The second-order valence-electron chi connectivity index (χ2n) is 7.26. The lowest BCUT2D eigenvalue weighted by atomic mass is 9.98. The Morgan fingerprint density at radius 1 is 0.935 bits per heavy atom. The van der Waals surface area contributed by atoms with Gasteiger partial charge in [-0.2, -0.15) is 5.26 Å². The van der Waals surface area contributed by atoms with E-state index >= 15 is 0 Å². The van der Waals surface area contributed by atoms with E-state index in [1.807, 2.05) is 85.8 Å². The van der Waals surface area contributed by atoms with Crippen LogP contribution in [-0.4, -0.2) is 11.2 Å². The highest BCUT2D eigenvalue weighted by molar-refractivity contribution is 6.20. The van der Waals surface area contributed by atoms with Crippen molar-refractivity contribution in [3.8, 4) is 17.6 Å². The Hall–Kier alpha value is -4.14. The SMILES string of the molecule is C/C(C#N)=C1/N=CC(c2ccccc2)=C(c2cccc(Oc3ccc(C)cc3)c2)N1N. The van der Waals surface area contributed by atoms with Gasteiger partial charge in [-0.05, 0) is 43.7 Å². The van der Waals surface area contributed by atoms with Gasteiger partial charge in [0, 0.05) is 17.4 Å². The molecule has 3 aromatic rings. The molecule has 0 fully saturated rings. The first-order valence-corrected chi connectivity index (χ1v) is 9.91. The molecule has 0 amide bonds. The van der Waals surface area contributed by atoms with Crippen molar-refractivity contribution in [2.75, 3.05) is 0 Å². The maximum atomic E-state index is 9.37. The van der Waals surface area contributed by atoms with Crippen molar-refractivity contribution in [3.63, 3.8) is 0 Å². The summed E-state index contributed by atoms with van der Waals surface area (Å²) in [7, 11) is 0. The number of rotatable bonds is 4. The minimum Gasteiger partial charge on any atom is -0.457 e. The molecule has 0 unspecified atom stereocenters. The van der Waals surface area contributed by atoms with Crippen LogP contribution in [0.25, 0.3) is 11.3 Å². The van der Waals surface area contributed by atoms with Gasteiger partial charge in [-0.25, -0.2) is 10.8 Å². The molecule has 0 aromatic heterocycles. The molecule has 1 heterocycles. The molecule has 0 atom stereocenters. The first-order valence-electron chi connectivity index (χ1n) is 9.91. The van der Waals surface area contributed by atoms with E-state index in [2.05, 4.69) is 11.1 Å². The monoisotopic (exact) mass is 406 g/mol. The summed E-state index contributed by atoms with van der Waals surface area (Å²) in [5.41, 5.74) is 5.07. The van der Waals surface area contributed by atoms with Gasteiger partial charge in [-0.15, -0.1) is 0 Å². The summed E-state index contributed by atoms with van der Waals surface area (Å²) in [4.78, 5) is 4.46. The number of nitrogens with zero attached hydrogens (tertiary/aromatic N) is 3. The minimum atomic E-state index is 0.419. The summed E-state index contributed by atoms with van der Waals surface area (Å²) >= 11 is 0. The number of ether oxygens (including phenoxy) is 1. The zero-order chi connectivity index (χ0) is 21.8. The molecule has 152 valence electrons. The number of aryl methyl sites for hydroxylation is 1. The van der Waals surface area contributed by atoms with E-state index in [0.29, 0.717) is 17.1 Å². The summed E-state index contributed by atoms with van der Waals surface area (Å²) in [5, 5.41) is 10.9. The zero-order valence-electron chi connectivity index (χ0n) is 17.4. The van der Waals surface area contributed by atoms with Crippen molar-refractivity contribution in [1.82, 2.24) is 5.01 Å². The maximum Gasteiger partial charge on any atom is 0.160 e. The lowest BCUT2D eigenvalue weighted by Gasteiger charge is -2.29. The number of allylic oxidation sites excluding steroid dienone is 2. The van der Waals surface area contributed by atoms with E-state index < -0.39 is 0 Å². The Morgan fingerprint density at radius 3 is 2.35 bits per heavy atom. The first kappa shape index (κ1) is 20.1. The molecule has 0 spiro atoms. The van der Waals surface area contributed by atoms with Crippen molar-refractivity contribution >= 4 is 17.5 Å². The van der Waals surface area contributed by atoms with Crippen LogP contribution in [0, 0.1) is 18.3 Å². The van der Waals surface area contributed by atoms with Gasteiger partial charge in [0.2, 0.25) is 0 Å². The topological polar surface area (TPSA) is 74.6 Å². The first-order chi connectivity index (χ1) is 15.1. The quantitative estimate of drug-likeness (QED) is 0.447. The average molecular weight is 406 g/mol. The Balaban J connectivity index is 1.81. The minimum absolute atomic E-state index is 0.419. The van der Waals surface area contributed by atoms with Crippen LogP contribution in [0.5, 0.6) is 11.5 Å². The Kier molecular flexibility index (Phi) is 5.65. The van der Waals surface area contributed by atoms with Crippen molar-refractivity contribution in [2.45, 2.75) is 13.8 Å². The fourth-order valence-electron chi connectivity index (χ4n) is 3.39. The second-order valence-corrected chi connectivity index (χ2v) is 7.26. The highest BCUT2D eigenvalue weighted by Crippen LogP contribution is 2.35. The van der Waals surface area contributed by atoms with Gasteiger partial charge in [-0.3, -0.25) is 5.01 Å². The molecule has 31 heavy (non-hydrogen) atoms. The van der Waals surface area contributed by atoms with Gasteiger partial charge in [0.05, 0.1) is 17.3 Å². The molecule has 5 heteroatoms. The molecule has 1 aliphatic heterocycles. The van der Waals surface area contributed by atoms with Crippen LogP contribution in [0.3, 0.4) is 0 Å². The van der Waals surface area contributed by atoms with Gasteiger partial charge >= 0.3 is 0 Å². The van der Waals surface area contributed by atoms with Crippen LogP contribution in [0.2, 0.25) is 0 Å². The molecular weight excluding hydrogens is 384 g/mol. The number of hydrazine groups is 1. The molecule has 0 saturated heterocycles. The third-order valence-corrected chi connectivity index (χ3v) is 4.99. The highest BCUT2D eigenvalue weighted by atomic mass is 16.5. The summed E-state index contributed by atoms with van der Waals surface area (Å²) in [6.07, 6.45) is 1.76. The normalized spacial score (nSPS) is 15.0. The number of aliphatic imine (C=N–C) groups is 1. The number of hydrogen-bond acceptors (Lipinski definition) is 5. The Morgan fingerprint density at radius 2 is 1.65 bits per heavy atom. The van der Waals surface area contributed by atoms with Crippen LogP contribution in [0.4, 0.5) is 0 Å². The summed E-state index contributed by atoms with van der Waals surface area (Å²) in [5.74, 6) is 8.36. The van der Waals surface area contributed by atoms with E-state index in [1.54, 1.807) is 13.1 Å². The molecule has 0 saturated carbocycles. The third-order valence-electron chi connectivity index (χ3n) is 4.99. The van der Waals surface area contributed by atoms with E-state index in [9.17, 15) is 5.26 Å². The molecule has 3 aromatic carbocycles. The van der Waals surface area contributed by atoms with E-state index in [-0.39, 0.29) is 0 Å². The molecule has 0 bridgehead atoms. The maximum absolute atomic E-state index is 9.37. The van der Waals surface area contributed by atoms with Gasteiger partial charge < -0.3 is 4.74 Å². The molecular formula is C26H22N4O. The largest absolute Gasteiger partial charge is 0.457 e. The molecule has 2 N–H and O–H groups in total. The van der Waals surface area contributed by atoms with Crippen LogP contribution in [-0.2, 0) is 0 Å². The predicted molar refractivity (Wildman–Crippen MR) is 124 cm³/mol. The van der Waals surface area contributed by atoms with Gasteiger partial charge in [0.15, 0.2) is 5.82 Å². The third kappa shape index (κ3) is 4.25. The molecule has 0 radical (unpaired) electrons. The molecule has 0 aliphatic carbocycles. The molecule has 4 rings (SSSR count). The predicted octanol–water partition coefficient (Wildman–Crippen LogP) is 5.67. The van der Waals surface area contributed by atoms with Gasteiger partial charge in [0.1, 0.15) is 11.5 Å². The fraction of sp³-hybridized carbons (Fsp3) is 0.0769. The molecule has 1 aliphatic rings. The number of nitriles is 1. The number of nitrogens with two attached hydrogens (primary N) is 1. The number of hydrogen-bond donors (Lipinski definition) is 1. The standard InChI is InChI=1S/C26H22N4O/c1-18-11-13-22(14-12-18)31-23-10-6-9-21(15-23)25-24(20-7-4-3-5-8-20)17-29-26(30(25)28)19(2)16-27/h3-15,17H,28H2,1-2H3/b26-19+. The van der Waals surface area contributed by atoms with Crippen LogP contribution < -0.4 is 10.6 Å². The lowest BCUT2D eigenvalue weighted by Crippen LogP contribution is -2.32. The van der Waals surface area contributed by atoms with Gasteiger partial charge in [-0.1, -0.05) is 60.2 Å². The van der Waals surface area contributed by atoms with Crippen LogP contribution >= 0.6 is 0 Å². The van der Waals surface area contributed by atoms with Crippen molar-refractivity contribution in [2.24, 2.45) is 10.8 Å². The molecule has 5 nitrogen and oxygen atoms in total. The van der Waals surface area contributed by atoms with Crippen molar-refractivity contribution < 1.29 is 4.74 Å². The fourth-order valence-corrected chi connectivity index (χ4v) is 3.39. The van der Waals surface area contributed by atoms with E-state index in [0.717, 1.165) is 28.1 Å². The van der Waals surface area contributed by atoms with Crippen LogP contribution in [0.1, 0.15) is 23.6 Å². The zero-order valence-corrected chi connectivity index (χ0v) is 17.4.